The molecule has 112 valence electrons. The van der Waals surface area contributed by atoms with E-state index in [1.807, 2.05) is 0 Å². The zero-order valence-corrected chi connectivity index (χ0v) is 11.7. The maximum Gasteiger partial charge on any atom is 0.337 e. The quantitative estimate of drug-likeness (QED) is 0.749. The molecule has 0 aliphatic carbocycles. The van der Waals surface area contributed by atoms with Crippen LogP contribution in [0.25, 0.3) is 11.0 Å². The SMILES string of the molecule is COCCNC(=O)C(C)n1nnc2cccc(C(=O)O)c21. The number of carboxylic acid groups (broad SMARTS) is 1. The maximum atomic E-state index is 12.0. The first-order valence-corrected chi connectivity index (χ1v) is 6.40. The van der Waals surface area contributed by atoms with Crippen molar-refractivity contribution in [1.82, 2.24) is 20.3 Å². The predicted molar refractivity (Wildman–Crippen MR) is 74.1 cm³/mol. The molecular formula is C13H16N4O4. The van der Waals surface area contributed by atoms with Gasteiger partial charge >= 0.3 is 5.97 Å². The van der Waals surface area contributed by atoms with Gasteiger partial charge in [-0.15, -0.1) is 5.10 Å². The molecular weight excluding hydrogens is 276 g/mol. The predicted octanol–water partition coefficient (Wildman–Crippen LogP) is 0.453. The number of benzene rings is 1. The van der Waals surface area contributed by atoms with Crippen molar-refractivity contribution in [2.45, 2.75) is 13.0 Å². The minimum Gasteiger partial charge on any atom is -0.478 e. The van der Waals surface area contributed by atoms with Gasteiger partial charge in [-0.1, -0.05) is 11.3 Å². The first-order valence-electron chi connectivity index (χ1n) is 6.40. The van der Waals surface area contributed by atoms with Gasteiger partial charge in [-0.05, 0) is 19.1 Å². The Morgan fingerprint density at radius 1 is 1.48 bits per heavy atom. The highest BCUT2D eigenvalue weighted by Crippen LogP contribution is 2.20. The number of methoxy groups -OCH3 is 1. The fourth-order valence-corrected chi connectivity index (χ4v) is 1.97. The summed E-state index contributed by atoms with van der Waals surface area (Å²) < 4.78 is 6.18. The first kappa shape index (κ1) is 14.9. The molecule has 0 aliphatic rings. The molecule has 0 bridgehead atoms. The van der Waals surface area contributed by atoms with Crippen LogP contribution in [-0.2, 0) is 9.53 Å². The second kappa shape index (κ2) is 6.31. The average molecular weight is 292 g/mol. The van der Waals surface area contributed by atoms with Gasteiger partial charge in [0.25, 0.3) is 0 Å². The Morgan fingerprint density at radius 2 is 2.24 bits per heavy atom. The van der Waals surface area contributed by atoms with E-state index < -0.39 is 12.0 Å². The number of amides is 1. The van der Waals surface area contributed by atoms with Gasteiger partial charge in [-0.3, -0.25) is 4.79 Å². The maximum absolute atomic E-state index is 12.0. The Bertz CT molecular complexity index is 667. The first-order chi connectivity index (χ1) is 10.1. The summed E-state index contributed by atoms with van der Waals surface area (Å²) in [5.74, 6) is -1.37. The van der Waals surface area contributed by atoms with Crippen LogP contribution in [0.4, 0.5) is 0 Å². The van der Waals surface area contributed by atoms with E-state index in [-0.39, 0.29) is 11.5 Å². The fourth-order valence-electron chi connectivity index (χ4n) is 1.97. The zero-order valence-electron chi connectivity index (χ0n) is 11.7. The summed E-state index contributed by atoms with van der Waals surface area (Å²) in [6, 6.07) is 4.03. The second-order valence-corrected chi connectivity index (χ2v) is 4.47. The normalized spacial score (nSPS) is 12.3. The standard InChI is InChI=1S/C13H16N4O4/c1-8(12(18)14-6-7-21-2)17-11-9(13(19)20)4-3-5-10(11)15-16-17/h3-5,8H,6-7H2,1-2H3,(H,14,18)(H,19,20). The molecule has 2 aromatic rings. The van der Waals surface area contributed by atoms with Crippen molar-refractivity contribution < 1.29 is 19.4 Å². The van der Waals surface area contributed by atoms with E-state index in [9.17, 15) is 14.7 Å². The molecule has 8 nitrogen and oxygen atoms in total. The third-order valence-electron chi connectivity index (χ3n) is 3.07. The average Bonchev–Trinajstić information content (AvgIpc) is 2.90. The molecule has 0 saturated heterocycles. The van der Waals surface area contributed by atoms with Crippen LogP contribution in [0, 0.1) is 0 Å². The molecule has 0 aliphatic heterocycles. The lowest BCUT2D eigenvalue weighted by Crippen LogP contribution is -2.33. The molecule has 0 fully saturated rings. The number of aromatic nitrogens is 3. The Kier molecular flexibility index (Phi) is 4.49. The van der Waals surface area contributed by atoms with Crippen molar-refractivity contribution in [1.29, 1.82) is 0 Å². The Hall–Kier alpha value is -2.48. The summed E-state index contributed by atoms with van der Waals surface area (Å²) >= 11 is 0. The van der Waals surface area contributed by atoms with Crippen molar-refractivity contribution in [3.8, 4) is 0 Å². The highest BCUT2D eigenvalue weighted by Gasteiger charge is 2.22. The van der Waals surface area contributed by atoms with Crippen LogP contribution in [0.3, 0.4) is 0 Å². The molecule has 21 heavy (non-hydrogen) atoms. The molecule has 1 unspecified atom stereocenters. The number of carboxylic acids is 1. The van der Waals surface area contributed by atoms with Crippen LogP contribution >= 0.6 is 0 Å². The number of para-hydroxylation sites is 1. The molecule has 2 N–H and O–H groups in total. The topological polar surface area (TPSA) is 106 Å². The Balaban J connectivity index is 2.33. The van der Waals surface area contributed by atoms with E-state index in [1.165, 1.54) is 10.7 Å². The van der Waals surface area contributed by atoms with Crippen molar-refractivity contribution in [2.75, 3.05) is 20.3 Å². The molecule has 1 heterocycles. The van der Waals surface area contributed by atoms with Gasteiger partial charge in [0.15, 0.2) is 0 Å². The van der Waals surface area contributed by atoms with Crippen LogP contribution in [0.15, 0.2) is 18.2 Å². The number of nitrogens with zero attached hydrogens (tertiary/aromatic N) is 3. The van der Waals surface area contributed by atoms with Crippen molar-refractivity contribution >= 4 is 22.9 Å². The number of nitrogens with one attached hydrogen (secondary N) is 1. The Labute approximate surface area is 120 Å². The smallest absolute Gasteiger partial charge is 0.337 e. The number of aromatic carboxylic acids is 1. The second-order valence-electron chi connectivity index (χ2n) is 4.47. The number of carbonyl (C=O) groups excluding carboxylic acids is 1. The largest absolute Gasteiger partial charge is 0.478 e. The van der Waals surface area contributed by atoms with Gasteiger partial charge in [-0.2, -0.15) is 0 Å². The number of carbonyl (C=O) groups is 2. The van der Waals surface area contributed by atoms with E-state index >= 15 is 0 Å². The molecule has 2 rings (SSSR count). The van der Waals surface area contributed by atoms with Crippen molar-refractivity contribution in [3.05, 3.63) is 23.8 Å². The van der Waals surface area contributed by atoms with Crippen LogP contribution in [-0.4, -0.2) is 52.2 Å². The molecule has 0 spiro atoms. The molecule has 1 amide bonds. The van der Waals surface area contributed by atoms with Crippen LogP contribution in [0.2, 0.25) is 0 Å². The highest BCUT2D eigenvalue weighted by atomic mass is 16.5. The summed E-state index contributed by atoms with van der Waals surface area (Å²) in [5.41, 5.74) is 0.833. The molecule has 1 aromatic heterocycles. The van der Waals surface area contributed by atoms with E-state index in [2.05, 4.69) is 15.6 Å². The highest BCUT2D eigenvalue weighted by molar-refractivity contribution is 6.01. The molecule has 1 atom stereocenters. The van der Waals surface area contributed by atoms with Crippen molar-refractivity contribution in [3.63, 3.8) is 0 Å². The summed E-state index contributed by atoms with van der Waals surface area (Å²) in [7, 11) is 1.54. The van der Waals surface area contributed by atoms with Crippen molar-refractivity contribution in [2.24, 2.45) is 0 Å². The number of hydrogen-bond acceptors (Lipinski definition) is 5. The third-order valence-corrected chi connectivity index (χ3v) is 3.07. The fraction of sp³-hybridized carbons (Fsp3) is 0.385. The lowest BCUT2D eigenvalue weighted by Gasteiger charge is -2.13. The van der Waals surface area contributed by atoms with Crippen LogP contribution < -0.4 is 5.32 Å². The molecule has 0 radical (unpaired) electrons. The van der Waals surface area contributed by atoms with Gasteiger partial charge < -0.3 is 15.2 Å². The number of ether oxygens (including phenoxy) is 1. The molecule has 1 aromatic carbocycles. The van der Waals surface area contributed by atoms with Gasteiger partial charge in [0.05, 0.1) is 12.2 Å². The zero-order chi connectivity index (χ0) is 15.4. The number of rotatable bonds is 6. The summed E-state index contributed by atoms with van der Waals surface area (Å²) in [4.78, 5) is 23.3. The minimum absolute atomic E-state index is 0.0639. The molecule has 8 heteroatoms. The van der Waals surface area contributed by atoms with Crippen LogP contribution in [0.5, 0.6) is 0 Å². The van der Waals surface area contributed by atoms with Gasteiger partial charge in [0.2, 0.25) is 5.91 Å². The van der Waals surface area contributed by atoms with Gasteiger partial charge in [0.1, 0.15) is 17.1 Å². The monoisotopic (exact) mass is 292 g/mol. The van der Waals surface area contributed by atoms with E-state index in [1.54, 1.807) is 26.2 Å². The van der Waals surface area contributed by atoms with Gasteiger partial charge in [-0.25, -0.2) is 9.48 Å². The van der Waals surface area contributed by atoms with E-state index in [0.717, 1.165) is 0 Å². The summed E-state index contributed by atoms with van der Waals surface area (Å²) in [5, 5.41) is 19.7. The number of fused-ring (bicyclic) bond motifs is 1. The van der Waals surface area contributed by atoms with E-state index in [4.69, 9.17) is 4.74 Å². The Morgan fingerprint density at radius 3 is 2.90 bits per heavy atom. The van der Waals surface area contributed by atoms with Crippen LogP contribution in [0.1, 0.15) is 23.3 Å². The van der Waals surface area contributed by atoms with Gasteiger partial charge in [0, 0.05) is 13.7 Å². The lowest BCUT2D eigenvalue weighted by atomic mass is 10.1. The number of hydrogen-bond donors (Lipinski definition) is 2. The lowest BCUT2D eigenvalue weighted by molar-refractivity contribution is -0.124. The molecule has 0 saturated carbocycles. The summed E-state index contributed by atoms with van der Waals surface area (Å²) in [6.07, 6.45) is 0. The third kappa shape index (κ3) is 3.00. The summed E-state index contributed by atoms with van der Waals surface area (Å²) in [6.45, 7) is 2.41. The minimum atomic E-state index is -1.09. The van der Waals surface area contributed by atoms with E-state index in [0.29, 0.717) is 24.2 Å².